The summed E-state index contributed by atoms with van der Waals surface area (Å²) in [5, 5.41) is 0. The number of likely N-dealkylation sites (N-methyl/N-ethyl adjacent to an activating group) is 1. The lowest BCUT2D eigenvalue weighted by atomic mass is 10.1. The van der Waals surface area contributed by atoms with Crippen molar-refractivity contribution in [3.63, 3.8) is 0 Å². The van der Waals surface area contributed by atoms with Gasteiger partial charge in [-0.2, -0.15) is 0 Å². The van der Waals surface area contributed by atoms with Crippen LogP contribution in [0, 0.1) is 0 Å². The van der Waals surface area contributed by atoms with E-state index in [1.165, 1.54) is 31.7 Å². The number of benzene rings is 1. The van der Waals surface area contributed by atoms with Crippen LogP contribution < -0.4 is 5.73 Å². The van der Waals surface area contributed by atoms with E-state index in [9.17, 15) is 0 Å². The maximum Gasteiger partial charge on any atom is 0.0359 e. The van der Waals surface area contributed by atoms with Crippen molar-refractivity contribution in [2.24, 2.45) is 0 Å². The van der Waals surface area contributed by atoms with E-state index in [0.29, 0.717) is 6.04 Å². The van der Waals surface area contributed by atoms with Crippen LogP contribution in [0.1, 0.15) is 19.4 Å². The van der Waals surface area contributed by atoms with Crippen LogP contribution in [-0.4, -0.2) is 67.1 Å². The zero-order valence-electron chi connectivity index (χ0n) is 13.8. The molecule has 0 amide bonds. The van der Waals surface area contributed by atoms with Crippen molar-refractivity contribution < 1.29 is 0 Å². The normalized spacial score (nSPS) is 17.8. The number of nitrogens with zero attached hydrogens (tertiary/aromatic N) is 3. The Hall–Kier alpha value is -1.10. The standard InChI is InChI=1S/C17H30N4/c1-15(2)21(14-16-6-4-5-7-17(16)18)13-12-20-10-8-19(3)9-11-20/h4-7,15H,8-14,18H2,1-3H3. The molecule has 0 saturated carbocycles. The molecule has 0 aliphatic carbocycles. The van der Waals surface area contributed by atoms with Crippen molar-refractivity contribution in [1.82, 2.24) is 14.7 Å². The number of para-hydroxylation sites is 1. The van der Waals surface area contributed by atoms with Crippen LogP contribution in [0.15, 0.2) is 24.3 Å². The van der Waals surface area contributed by atoms with Gasteiger partial charge in [0.2, 0.25) is 0 Å². The summed E-state index contributed by atoms with van der Waals surface area (Å²) < 4.78 is 0. The quantitative estimate of drug-likeness (QED) is 0.809. The van der Waals surface area contributed by atoms with E-state index < -0.39 is 0 Å². The number of nitrogen functional groups attached to an aromatic ring is 1. The predicted octanol–water partition coefficient (Wildman–Crippen LogP) is 1.73. The van der Waals surface area contributed by atoms with Gasteiger partial charge in [-0.05, 0) is 32.5 Å². The fourth-order valence-corrected chi connectivity index (χ4v) is 2.76. The summed E-state index contributed by atoms with van der Waals surface area (Å²) in [5.41, 5.74) is 8.23. The summed E-state index contributed by atoms with van der Waals surface area (Å²) in [4.78, 5) is 7.50. The maximum atomic E-state index is 6.08. The van der Waals surface area contributed by atoms with Crippen molar-refractivity contribution in [2.75, 3.05) is 52.0 Å². The van der Waals surface area contributed by atoms with Crippen LogP contribution in [0.25, 0.3) is 0 Å². The molecule has 0 aromatic heterocycles. The Labute approximate surface area is 129 Å². The van der Waals surface area contributed by atoms with E-state index >= 15 is 0 Å². The summed E-state index contributed by atoms with van der Waals surface area (Å²) in [6.45, 7) is 12.5. The first-order chi connectivity index (χ1) is 10.1. The number of hydrogen-bond acceptors (Lipinski definition) is 4. The maximum absolute atomic E-state index is 6.08. The van der Waals surface area contributed by atoms with Gasteiger partial charge in [-0.15, -0.1) is 0 Å². The van der Waals surface area contributed by atoms with Crippen LogP contribution in [0.4, 0.5) is 5.69 Å². The molecule has 2 N–H and O–H groups in total. The number of rotatable bonds is 6. The van der Waals surface area contributed by atoms with Gasteiger partial charge in [-0.3, -0.25) is 9.80 Å². The van der Waals surface area contributed by atoms with E-state index in [-0.39, 0.29) is 0 Å². The molecule has 118 valence electrons. The Bertz CT molecular complexity index is 425. The molecule has 1 fully saturated rings. The Morgan fingerprint density at radius 1 is 1.14 bits per heavy atom. The molecule has 1 saturated heterocycles. The van der Waals surface area contributed by atoms with Crippen LogP contribution in [0.3, 0.4) is 0 Å². The summed E-state index contributed by atoms with van der Waals surface area (Å²) in [6, 6.07) is 8.75. The largest absolute Gasteiger partial charge is 0.398 e. The number of anilines is 1. The van der Waals surface area contributed by atoms with Crippen molar-refractivity contribution >= 4 is 5.69 Å². The summed E-state index contributed by atoms with van der Waals surface area (Å²) in [5.74, 6) is 0. The van der Waals surface area contributed by atoms with E-state index in [1.54, 1.807) is 0 Å². The van der Waals surface area contributed by atoms with Gasteiger partial charge in [0.1, 0.15) is 0 Å². The Morgan fingerprint density at radius 2 is 1.81 bits per heavy atom. The second-order valence-electron chi connectivity index (χ2n) is 6.41. The second-order valence-corrected chi connectivity index (χ2v) is 6.41. The highest BCUT2D eigenvalue weighted by molar-refractivity contribution is 5.46. The summed E-state index contributed by atoms with van der Waals surface area (Å²) in [7, 11) is 2.20. The molecule has 1 aliphatic rings. The van der Waals surface area contributed by atoms with E-state index in [0.717, 1.165) is 25.3 Å². The molecule has 1 aromatic rings. The van der Waals surface area contributed by atoms with Crippen LogP contribution in [-0.2, 0) is 6.54 Å². The Morgan fingerprint density at radius 3 is 2.43 bits per heavy atom. The first-order valence-corrected chi connectivity index (χ1v) is 8.04. The van der Waals surface area contributed by atoms with Crippen molar-refractivity contribution in [1.29, 1.82) is 0 Å². The molecule has 4 nitrogen and oxygen atoms in total. The topological polar surface area (TPSA) is 35.7 Å². The number of nitrogens with two attached hydrogens (primary N) is 1. The monoisotopic (exact) mass is 290 g/mol. The highest BCUT2D eigenvalue weighted by Crippen LogP contribution is 2.15. The first kappa shape index (κ1) is 16.3. The zero-order chi connectivity index (χ0) is 15.2. The third-order valence-electron chi connectivity index (χ3n) is 4.46. The van der Waals surface area contributed by atoms with Gasteiger partial charge < -0.3 is 10.6 Å². The smallest absolute Gasteiger partial charge is 0.0359 e. The molecule has 1 aromatic carbocycles. The molecule has 2 rings (SSSR count). The van der Waals surface area contributed by atoms with Gasteiger partial charge in [-0.1, -0.05) is 18.2 Å². The minimum absolute atomic E-state index is 0.539. The number of hydrogen-bond donors (Lipinski definition) is 1. The van der Waals surface area contributed by atoms with Crippen LogP contribution in [0.5, 0.6) is 0 Å². The third-order valence-corrected chi connectivity index (χ3v) is 4.46. The fourth-order valence-electron chi connectivity index (χ4n) is 2.76. The molecule has 21 heavy (non-hydrogen) atoms. The SMILES string of the molecule is CC(C)N(CCN1CCN(C)CC1)Cc1ccccc1N. The average molecular weight is 290 g/mol. The minimum Gasteiger partial charge on any atom is -0.398 e. The molecule has 1 aliphatic heterocycles. The van der Waals surface area contributed by atoms with Gasteiger partial charge >= 0.3 is 0 Å². The highest BCUT2D eigenvalue weighted by Gasteiger charge is 2.16. The summed E-state index contributed by atoms with van der Waals surface area (Å²) in [6.07, 6.45) is 0. The van der Waals surface area contributed by atoms with E-state index in [4.69, 9.17) is 5.73 Å². The average Bonchev–Trinajstić information content (AvgIpc) is 2.46. The van der Waals surface area contributed by atoms with Crippen LogP contribution >= 0.6 is 0 Å². The third kappa shape index (κ3) is 4.99. The van der Waals surface area contributed by atoms with Crippen molar-refractivity contribution in [3.8, 4) is 0 Å². The lowest BCUT2D eigenvalue weighted by Gasteiger charge is -2.35. The predicted molar refractivity (Wildman–Crippen MR) is 90.3 cm³/mol. The lowest BCUT2D eigenvalue weighted by molar-refractivity contribution is 0.122. The van der Waals surface area contributed by atoms with Gasteiger partial charge in [0, 0.05) is 57.5 Å². The summed E-state index contributed by atoms with van der Waals surface area (Å²) >= 11 is 0. The molecule has 0 radical (unpaired) electrons. The van der Waals surface area contributed by atoms with E-state index in [1.807, 2.05) is 12.1 Å². The molecule has 0 bridgehead atoms. The molecule has 0 spiro atoms. The van der Waals surface area contributed by atoms with E-state index in [2.05, 4.69) is 47.7 Å². The fraction of sp³-hybridized carbons (Fsp3) is 0.647. The minimum atomic E-state index is 0.539. The Kier molecular flexibility index (Phi) is 6.03. The van der Waals surface area contributed by atoms with Crippen molar-refractivity contribution in [3.05, 3.63) is 29.8 Å². The zero-order valence-corrected chi connectivity index (χ0v) is 13.8. The van der Waals surface area contributed by atoms with Gasteiger partial charge in [0.25, 0.3) is 0 Å². The second kappa shape index (κ2) is 7.78. The van der Waals surface area contributed by atoms with Gasteiger partial charge in [-0.25, -0.2) is 0 Å². The van der Waals surface area contributed by atoms with Gasteiger partial charge in [0.15, 0.2) is 0 Å². The Balaban J connectivity index is 1.86. The molecule has 1 heterocycles. The first-order valence-electron chi connectivity index (χ1n) is 8.04. The van der Waals surface area contributed by atoms with Crippen LogP contribution in [0.2, 0.25) is 0 Å². The number of piperazine rings is 1. The molecule has 0 unspecified atom stereocenters. The molecule has 4 heteroatoms. The van der Waals surface area contributed by atoms with Crippen molar-refractivity contribution in [2.45, 2.75) is 26.4 Å². The molecular weight excluding hydrogens is 260 g/mol. The highest BCUT2D eigenvalue weighted by atomic mass is 15.3. The molecular formula is C17H30N4. The van der Waals surface area contributed by atoms with Gasteiger partial charge in [0.05, 0.1) is 0 Å². The lowest BCUT2D eigenvalue weighted by Crippen LogP contribution is -2.47. The molecule has 0 atom stereocenters.